The third-order valence-electron chi connectivity index (χ3n) is 5.70. The van der Waals surface area contributed by atoms with Crippen LogP contribution in [-0.4, -0.2) is 23.8 Å². The molecule has 33 heavy (non-hydrogen) atoms. The van der Waals surface area contributed by atoms with Gasteiger partial charge in [-0.2, -0.15) is 4.31 Å². The highest BCUT2D eigenvalue weighted by atomic mass is 79.9. The van der Waals surface area contributed by atoms with E-state index in [1.54, 1.807) is 42.5 Å². The van der Waals surface area contributed by atoms with Crippen molar-refractivity contribution in [3.8, 4) is 0 Å². The molecule has 1 aliphatic heterocycles. The highest BCUT2D eigenvalue weighted by Crippen LogP contribution is 2.45. The molecule has 0 aliphatic carbocycles. The quantitative estimate of drug-likeness (QED) is 0.454. The van der Waals surface area contributed by atoms with E-state index in [-0.39, 0.29) is 16.9 Å². The Hall–Kier alpha value is -2.81. The van der Waals surface area contributed by atoms with Gasteiger partial charge in [0.25, 0.3) is 0 Å². The Kier molecular flexibility index (Phi) is 6.52. The molecule has 0 radical (unpaired) electrons. The first-order chi connectivity index (χ1) is 15.7. The average molecular weight is 530 g/mol. The molecule has 0 amide bonds. The van der Waals surface area contributed by atoms with Crippen LogP contribution >= 0.6 is 15.9 Å². The molecule has 4 rings (SSSR count). The lowest BCUT2D eigenvalue weighted by Gasteiger charge is -2.40. The summed E-state index contributed by atoms with van der Waals surface area (Å²) < 4.78 is 43.6. The molecule has 5 nitrogen and oxygen atoms in total. The van der Waals surface area contributed by atoms with Gasteiger partial charge < -0.3 is 5.11 Å². The minimum Gasteiger partial charge on any atom is -0.478 e. The second-order valence-corrected chi connectivity index (χ2v) is 10.6. The van der Waals surface area contributed by atoms with E-state index < -0.39 is 33.9 Å². The van der Waals surface area contributed by atoms with Crippen LogP contribution in [0.2, 0.25) is 0 Å². The molecular formula is C25H21BrFNO4S. The summed E-state index contributed by atoms with van der Waals surface area (Å²) in [6, 6.07) is 17.2. The Labute approximate surface area is 200 Å². The number of rotatable bonds is 5. The molecule has 0 aromatic heterocycles. The molecule has 1 heterocycles. The molecule has 3 aromatic rings. The number of hydrogen-bond donors (Lipinski definition) is 1. The molecule has 1 N–H and O–H groups in total. The van der Waals surface area contributed by atoms with Gasteiger partial charge in [0.15, 0.2) is 0 Å². The summed E-state index contributed by atoms with van der Waals surface area (Å²) in [5.74, 6) is -1.63. The van der Waals surface area contributed by atoms with Gasteiger partial charge in [0.2, 0.25) is 10.0 Å². The number of aliphatic carboxylic acids is 1. The van der Waals surface area contributed by atoms with Crippen LogP contribution in [-0.2, 0) is 14.8 Å². The van der Waals surface area contributed by atoms with Gasteiger partial charge in [-0.1, -0.05) is 64.0 Å². The monoisotopic (exact) mass is 529 g/mol. The summed E-state index contributed by atoms with van der Waals surface area (Å²) in [4.78, 5) is 12.3. The van der Waals surface area contributed by atoms with Gasteiger partial charge in [0.05, 0.1) is 22.6 Å². The lowest BCUT2D eigenvalue weighted by Crippen LogP contribution is -2.42. The normalized spacial score (nSPS) is 19.2. The smallest absolute Gasteiger partial charge is 0.333 e. The van der Waals surface area contributed by atoms with E-state index in [2.05, 4.69) is 15.9 Å². The number of hydrogen-bond acceptors (Lipinski definition) is 3. The van der Waals surface area contributed by atoms with Gasteiger partial charge in [0.1, 0.15) is 5.82 Å². The molecule has 0 spiro atoms. The van der Waals surface area contributed by atoms with Crippen LogP contribution in [0, 0.1) is 12.7 Å². The summed E-state index contributed by atoms with van der Waals surface area (Å²) in [6.45, 7) is 1.86. The van der Waals surface area contributed by atoms with Crippen molar-refractivity contribution < 1.29 is 22.7 Å². The van der Waals surface area contributed by atoms with E-state index in [1.165, 1.54) is 40.7 Å². The van der Waals surface area contributed by atoms with Gasteiger partial charge in [-0.25, -0.2) is 17.6 Å². The second-order valence-electron chi connectivity index (χ2n) is 7.87. The van der Waals surface area contributed by atoms with Crippen molar-refractivity contribution in [2.75, 3.05) is 0 Å². The second kappa shape index (κ2) is 9.21. The van der Waals surface area contributed by atoms with Crippen LogP contribution in [0.4, 0.5) is 4.39 Å². The minimum absolute atomic E-state index is 0.0219. The first-order valence-corrected chi connectivity index (χ1v) is 12.5. The largest absolute Gasteiger partial charge is 0.478 e. The number of carboxylic acids is 1. The van der Waals surface area contributed by atoms with Crippen LogP contribution in [0.3, 0.4) is 0 Å². The minimum atomic E-state index is -4.14. The fourth-order valence-electron chi connectivity index (χ4n) is 4.05. The molecule has 3 aromatic carbocycles. The van der Waals surface area contributed by atoms with Gasteiger partial charge in [-0.15, -0.1) is 0 Å². The van der Waals surface area contributed by atoms with E-state index in [1.807, 2.05) is 6.92 Å². The van der Waals surface area contributed by atoms with E-state index >= 15 is 0 Å². The zero-order valence-corrected chi connectivity index (χ0v) is 20.1. The van der Waals surface area contributed by atoms with Crippen molar-refractivity contribution in [2.24, 2.45) is 0 Å². The SMILES string of the molecule is Cc1ccc(S(=O)(=O)N2[C@@H](c3ccc(Br)cc3)C(C(=O)O)=CC[C@H]2c2ccc(F)cc2)cc1. The number of aryl methyl sites for hydroxylation is 1. The molecule has 0 saturated carbocycles. The highest BCUT2D eigenvalue weighted by molar-refractivity contribution is 9.10. The van der Waals surface area contributed by atoms with E-state index in [9.17, 15) is 22.7 Å². The molecular weight excluding hydrogens is 509 g/mol. The van der Waals surface area contributed by atoms with Gasteiger partial charge in [-0.05, 0) is 60.9 Å². The Morgan fingerprint density at radius 2 is 1.55 bits per heavy atom. The fraction of sp³-hybridized carbons (Fsp3) is 0.160. The van der Waals surface area contributed by atoms with Gasteiger partial charge in [-0.3, -0.25) is 0 Å². The molecule has 0 fully saturated rings. The first kappa shape index (κ1) is 23.4. The predicted molar refractivity (Wildman–Crippen MR) is 127 cm³/mol. The van der Waals surface area contributed by atoms with E-state index in [4.69, 9.17) is 0 Å². The van der Waals surface area contributed by atoms with Crippen LogP contribution < -0.4 is 0 Å². The van der Waals surface area contributed by atoms with Crippen molar-refractivity contribution in [2.45, 2.75) is 30.3 Å². The summed E-state index contributed by atoms with van der Waals surface area (Å²) >= 11 is 3.37. The molecule has 2 atom stereocenters. The maximum Gasteiger partial charge on any atom is 0.333 e. The van der Waals surface area contributed by atoms with Gasteiger partial charge in [0, 0.05) is 4.47 Å². The summed E-state index contributed by atoms with van der Waals surface area (Å²) in [5.41, 5.74) is 1.98. The Morgan fingerprint density at radius 3 is 2.12 bits per heavy atom. The number of carbonyl (C=O) groups is 1. The molecule has 8 heteroatoms. The zero-order valence-electron chi connectivity index (χ0n) is 17.7. The lowest BCUT2D eigenvalue weighted by atomic mass is 9.89. The summed E-state index contributed by atoms with van der Waals surface area (Å²) in [5, 5.41) is 9.96. The van der Waals surface area contributed by atoms with Crippen LogP contribution in [0.25, 0.3) is 0 Å². The van der Waals surface area contributed by atoms with Crippen molar-refractivity contribution >= 4 is 31.9 Å². The maximum atomic E-state index is 14.0. The third-order valence-corrected chi connectivity index (χ3v) is 8.12. The Morgan fingerprint density at radius 1 is 0.970 bits per heavy atom. The van der Waals surface area contributed by atoms with Crippen LogP contribution in [0.1, 0.15) is 35.2 Å². The van der Waals surface area contributed by atoms with Gasteiger partial charge >= 0.3 is 5.97 Å². The fourth-order valence-corrected chi connectivity index (χ4v) is 6.10. The summed E-state index contributed by atoms with van der Waals surface area (Å²) in [7, 11) is -4.14. The number of benzene rings is 3. The lowest BCUT2D eigenvalue weighted by molar-refractivity contribution is -0.133. The molecule has 0 saturated heterocycles. The number of carboxylic acid groups (broad SMARTS) is 1. The van der Waals surface area contributed by atoms with E-state index in [0.29, 0.717) is 11.1 Å². The Bertz CT molecular complexity index is 1300. The summed E-state index contributed by atoms with van der Waals surface area (Å²) in [6.07, 6.45) is 1.70. The van der Waals surface area contributed by atoms with Crippen LogP contribution in [0.15, 0.2) is 93.8 Å². The first-order valence-electron chi connectivity index (χ1n) is 10.2. The highest BCUT2D eigenvalue weighted by Gasteiger charge is 2.44. The van der Waals surface area contributed by atoms with E-state index in [0.717, 1.165) is 10.0 Å². The predicted octanol–water partition coefficient (Wildman–Crippen LogP) is 5.78. The number of sulfonamides is 1. The molecule has 170 valence electrons. The molecule has 1 aliphatic rings. The van der Waals surface area contributed by atoms with Crippen molar-refractivity contribution in [1.29, 1.82) is 0 Å². The average Bonchev–Trinajstić information content (AvgIpc) is 2.79. The Balaban J connectivity index is 1.96. The molecule has 0 bridgehead atoms. The standard InChI is InChI=1S/C25H21BrFNO4S/c1-16-2-12-21(13-3-16)33(31,32)28-23(17-6-10-20(27)11-7-17)15-14-22(25(29)30)24(28)18-4-8-19(26)9-5-18/h2-14,23-24H,15H2,1H3,(H,29,30)/t23-,24-/m0/s1. The van der Waals surface area contributed by atoms with Crippen LogP contribution in [0.5, 0.6) is 0 Å². The maximum absolute atomic E-state index is 14.0. The van der Waals surface area contributed by atoms with Crippen molar-refractivity contribution in [3.05, 3.63) is 111 Å². The number of nitrogens with zero attached hydrogens (tertiary/aromatic N) is 1. The number of halogens is 2. The zero-order chi connectivity index (χ0) is 23.8. The molecule has 0 unspecified atom stereocenters. The third kappa shape index (κ3) is 4.64. The van der Waals surface area contributed by atoms with Crippen molar-refractivity contribution in [1.82, 2.24) is 4.31 Å². The topological polar surface area (TPSA) is 74.7 Å². The van der Waals surface area contributed by atoms with Crippen molar-refractivity contribution in [3.63, 3.8) is 0 Å².